The summed E-state index contributed by atoms with van der Waals surface area (Å²) in [6.07, 6.45) is 4.94. The van der Waals surface area contributed by atoms with E-state index in [-0.39, 0.29) is 19.3 Å². The van der Waals surface area contributed by atoms with Gasteiger partial charge in [-0.3, -0.25) is 0 Å². The number of benzene rings is 2. The topological polar surface area (TPSA) is 134 Å². The number of rotatable bonds is 12. The smallest absolute Gasteiger partial charge is 0.459 e. The van der Waals surface area contributed by atoms with Gasteiger partial charge in [-0.2, -0.15) is 5.21 Å². The molecule has 11 nitrogen and oxygen atoms in total. The third-order valence-corrected chi connectivity index (χ3v) is 8.36. The van der Waals surface area contributed by atoms with E-state index in [0.29, 0.717) is 24.2 Å². The van der Waals surface area contributed by atoms with E-state index < -0.39 is 12.1 Å². The van der Waals surface area contributed by atoms with E-state index in [9.17, 15) is 9.59 Å². The number of aryl methyl sites for hydroxylation is 2. The molecule has 5 rings (SSSR count). The Morgan fingerprint density at radius 3 is 2.45 bits per heavy atom. The summed E-state index contributed by atoms with van der Waals surface area (Å²) in [5.41, 5.74) is 7.08. The van der Waals surface area contributed by atoms with Crippen molar-refractivity contribution in [1.29, 1.82) is 0 Å². The van der Waals surface area contributed by atoms with Crippen molar-refractivity contribution in [1.82, 2.24) is 30.2 Å². The Balaban J connectivity index is 1.41. The van der Waals surface area contributed by atoms with Gasteiger partial charge in [-0.15, -0.1) is 10.2 Å². The fourth-order valence-electron chi connectivity index (χ4n) is 6.03. The number of nitrogens with one attached hydrogen (secondary N) is 1. The predicted molar refractivity (Wildman–Crippen MR) is 178 cm³/mol. The van der Waals surface area contributed by atoms with Crippen LogP contribution in [0, 0.1) is 11.8 Å². The number of aromatic nitrogens is 6. The first-order valence-electron chi connectivity index (χ1n) is 16.4. The number of allylic oxidation sites excluding steroid dienone is 1. The average Bonchev–Trinajstić information content (AvgIpc) is 3.65. The number of aromatic amines is 1. The molecule has 0 fully saturated rings. The van der Waals surface area contributed by atoms with Gasteiger partial charge in [0.15, 0.2) is 0 Å². The van der Waals surface area contributed by atoms with E-state index in [4.69, 9.17) is 19.2 Å². The molecule has 0 saturated carbocycles. The van der Waals surface area contributed by atoms with Crippen LogP contribution in [0.4, 0.5) is 4.79 Å². The van der Waals surface area contributed by atoms with Crippen molar-refractivity contribution >= 4 is 17.7 Å². The molecule has 0 amide bonds. The van der Waals surface area contributed by atoms with Crippen LogP contribution in [0.15, 0.2) is 54.6 Å². The molecule has 2 aromatic carbocycles. The van der Waals surface area contributed by atoms with Crippen LogP contribution in [0.3, 0.4) is 0 Å². The number of tetrazole rings is 1. The van der Waals surface area contributed by atoms with Crippen molar-refractivity contribution in [2.45, 2.75) is 79.4 Å². The van der Waals surface area contributed by atoms with Crippen molar-refractivity contribution in [3.63, 3.8) is 0 Å². The SMILES string of the molecule is CCCc1nc2c(n1Cc1ccc(-c3ccccc3-c3nn[nH]n3)cc1)C(=CC(=O)OCCOC(=O)OC(C)C)CC(C(C)C)CC2. The Bertz CT molecular complexity index is 1670. The average molecular weight is 641 g/mol. The van der Waals surface area contributed by atoms with Gasteiger partial charge >= 0.3 is 12.1 Å². The number of hydrogen-bond donors (Lipinski definition) is 1. The van der Waals surface area contributed by atoms with Crippen molar-refractivity contribution in [3.05, 3.63) is 77.4 Å². The molecule has 47 heavy (non-hydrogen) atoms. The number of imidazole rings is 1. The molecule has 1 aliphatic rings. The lowest BCUT2D eigenvalue weighted by Crippen LogP contribution is -2.17. The largest absolute Gasteiger partial charge is 0.508 e. The molecular formula is C36H44N6O5. The predicted octanol–water partition coefficient (Wildman–Crippen LogP) is 6.83. The van der Waals surface area contributed by atoms with Crippen LogP contribution in [0.25, 0.3) is 28.1 Å². The summed E-state index contributed by atoms with van der Waals surface area (Å²) in [7, 11) is 0. The van der Waals surface area contributed by atoms with Crippen molar-refractivity contribution in [2.75, 3.05) is 13.2 Å². The maximum atomic E-state index is 13.1. The second kappa shape index (κ2) is 15.7. The molecular weight excluding hydrogens is 596 g/mol. The summed E-state index contributed by atoms with van der Waals surface area (Å²) in [6.45, 7) is 10.6. The Labute approximate surface area is 275 Å². The zero-order valence-corrected chi connectivity index (χ0v) is 27.9. The molecule has 1 atom stereocenters. The molecule has 2 aromatic heterocycles. The number of fused-ring (bicyclic) bond motifs is 1. The molecule has 0 radical (unpaired) electrons. The summed E-state index contributed by atoms with van der Waals surface area (Å²) >= 11 is 0. The number of nitrogens with zero attached hydrogens (tertiary/aromatic N) is 5. The van der Waals surface area contributed by atoms with Gasteiger partial charge in [-0.05, 0) is 78.8 Å². The van der Waals surface area contributed by atoms with Gasteiger partial charge < -0.3 is 18.8 Å². The second-order valence-electron chi connectivity index (χ2n) is 12.5. The summed E-state index contributed by atoms with van der Waals surface area (Å²) < 4.78 is 17.7. The molecule has 0 saturated heterocycles. The van der Waals surface area contributed by atoms with E-state index in [1.807, 2.05) is 18.2 Å². The first-order chi connectivity index (χ1) is 22.7. The maximum absolute atomic E-state index is 13.1. The molecule has 0 spiro atoms. The van der Waals surface area contributed by atoms with Crippen LogP contribution in [0.2, 0.25) is 0 Å². The zero-order chi connectivity index (χ0) is 33.3. The normalized spacial score (nSPS) is 15.5. The van der Waals surface area contributed by atoms with Crippen molar-refractivity contribution in [2.24, 2.45) is 11.8 Å². The van der Waals surface area contributed by atoms with Gasteiger partial charge in [0.25, 0.3) is 0 Å². The third kappa shape index (κ3) is 8.52. The summed E-state index contributed by atoms with van der Waals surface area (Å²) in [4.78, 5) is 29.9. The van der Waals surface area contributed by atoms with E-state index in [1.165, 1.54) is 0 Å². The van der Waals surface area contributed by atoms with E-state index in [2.05, 4.69) is 76.3 Å². The highest BCUT2D eigenvalue weighted by molar-refractivity contribution is 5.91. The molecule has 2 heterocycles. The van der Waals surface area contributed by atoms with E-state index in [1.54, 1.807) is 19.9 Å². The van der Waals surface area contributed by atoms with Crippen LogP contribution < -0.4 is 0 Å². The van der Waals surface area contributed by atoms with Gasteiger partial charge in [0.2, 0.25) is 5.82 Å². The lowest BCUT2D eigenvalue weighted by atomic mass is 9.87. The van der Waals surface area contributed by atoms with Crippen LogP contribution in [0.1, 0.15) is 76.7 Å². The summed E-state index contributed by atoms with van der Waals surface area (Å²) in [5.74, 6) is 1.95. The van der Waals surface area contributed by atoms with E-state index in [0.717, 1.165) is 77.1 Å². The minimum Gasteiger partial charge on any atom is -0.459 e. The first-order valence-corrected chi connectivity index (χ1v) is 16.4. The number of H-pyrrole nitrogens is 1. The third-order valence-electron chi connectivity index (χ3n) is 8.36. The fraction of sp³-hybridized carbons (Fsp3) is 0.444. The van der Waals surface area contributed by atoms with Gasteiger partial charge in [0.1, 0.15) is 19.0 Å². The number of carbonyl (C=O) groups is 2. The molecule has 4 aromatic rings. The summed E-state index contributed by atoms with van der Waals surface area (Å²) in [5, 5.41) is 14.6. The molecule has 11 heteroatoms. The standard InChI is InChI=1S/C36H44N6O5/c1-6-9-32-37-31-17-16-27(23(2)3)20-28(21-33(43)45-18-19-46-36(44)47-24(4)5)34(31)42(32)22-25-12-14-26(15-13-25)29-10-7-8-11-30(29)35-38-40-41-39-35/h7-8,10-15,21,23-24,27H,6,9,16-20,22H2,1-5H3,(H,38,39,40,41). The lowest BCUT2D eigenvalue weighted by molar-refractivity contribution is -0.139. The van der Waals surface area contributed by atoms with Crippen LogP contribution in [-0.2, 0) is 38.4 Å². The fourth-order valence-corrected chi connectivity index (χ4v) is 6.03. The highest BCUT2D eigenvalue weighted by Crippen LogP contribution is 2.37. The summed E-state index contributed by atoms with van der Waals surface area (Å²) in [6, 6.07) is 16.5. The quantitative estimate of drug-likeness (QED) is 0.0765. The molecule has 0 aliphatic heterocycles. The number of hydrogen-bond acceptors (Lipinski definition) is 9. The molecule has 1 N–H and O–H groups in total. The number of ether oxygens (including phenoxy) is 3. The first kappa shape index (κ1) is 33.6. The monoisotopic (exact) mass is 640 g/mol. The highest BCUT2D eigenvalue weighted by atomic mass is 16.7. The van der Waals surface area contributed by atoms with E-state index >= 15 is 0 Å². The van der Waals surface area contributed by atoms with Gasteiger partial charge in [0, 0.05) is 24.6 Å². The lowest BCUT2D eigenvalue weighted by Gasteiger charge is -2.20. The molecule has 1 unspecified atom stereocenters. The Kier molecular flexibility index (Phi) is 11.2. The molecule has 1 aliphatic carbocycles. The van der Waals surface area contributed by atoms with Gasteiger partial charge in [-0.25, -0.2) is 14.6 Å². The van der Waals surface area contributed by atoms with Crippen LogP contribution in [0.5, 0.6) is 0 Å². The minimum atomic E-state index is -0.779. The molecule has 248 valence electrons. The number of carbonyl (C=O) groups excluding carboxylic acids is 2. The zero-order valence-electron chi connectivity index (χ0n) is 27.9. The second-order valence-corrected chi connectivity index (χ2v) is 12.5. The van der Waals surface area contributed by atoms with Crippen LogP contribution >= 0.6 is 0 Å². The van der Waals surface area contributed by atoms with Gasteiger partial charge in [-0.1, -0.05) is 69.3 Å². The Hall–Kier alpha value is -4.80. The Morgan fingerprint density at radius 1 is 1.02 bits per heavy atom. The van der Waals surface area contributed by atoms with Gasteiger partial charge in [0.05, 0.1) is 17.5 Å². The van der Waals surface area contributed by atoms with Crippen molar-refractivity contribution < 1.29 is 23.8 Å². The minimum absolute atomic E-state index is 0.0567. The Morgan fingerprint density at radius 2 is 1.77 bits per heavy atom. The van der Waals surface area contributed by atoms with Crippen LogP contribution in [-0.4, -0.2) is 61.6 Å². The number of esters is 1. The maximum Gasteiger partial charge on any atom is 0.508 e. The molecule has 0 bridgehead atoms. The van der Waals surface area contributed by atoms with Crippen molar-refractivity contribution in [3.8, 4) is 22.5 Å². The highest BCUT2D eigenvalue weighted by Gasteiger charge is 2.28.